The number of benzene rings is 1. The summed E-state index contributed by atoms with van der Waals surface area (Å²) in [7, 11) is 4.20. The third kappa shape index (κ3) is 2.32. The Balaban J connectivity index is 2.75. The molecule has 1 aromatic rings. The molecule has 96 valence electrons. The molecule has 1 aromatic carbocycles. The van der Waals surface area contributed by atoms with Gasteiger partial charge in [-0.3, -0.25) is 0 Å². The van der Waals surface area contributed by atoms with Crippen LogP contribution >= 0.6 is 11.6 Å². The minimum atomic E-state index is 0.805. The zero-order chi connectivity index (χ0) is 13.3. The van der Waals surface area contributed by atoms with E-state index in [1.54, 1.807) is 0 Å². The Morgan fingerprint density at radius 3 is 2.67 bits per heavy atom. The van der Waals surface area contributed by atoms with E-state index in [0.29, 0.717) is 0 Å². The van der Waals surface area contributed by atoms with Crippen molar-refractivity contribution in [1.29, 1.82) is 0 Å². The van der Waals surface area contributed by atoms with Crippen LogP contribution in [-0.2, 0) is 12.8 Å². The van der Waals surface area contributed by atoms with Crippen LogP contribution in [0.3, 0.4) is 0 Å². The normalized spacial score (nSPS) is 14.6. The molecule has 0 atom stereocenters. The molecule has 0 bridgehead atoms. The molecule has 2 rings (SSSR count). The molecule has 0 aliphatic heterocycles. The van der Waals surface area contributed by atoms with Crippen molar-refractivity contribution in [3.63, 3.8) is 0 Å². The molecule has 0 fully saturated rings. The second-order valence-electron chi connectivity index (χ2n) is 5.05. The monoisotopic (exact) mass is 261 g/mol. The molecule has 0 N–H and O–H groups in total. The average Bonchev–Trinajstić information content (AvgIpc) is 2.74. The van der Waals surface area contributed by atoms with Crippen LogP contribution in [0.2, 0.25) is 0 Å². The van der Waals surface area contributed by atoms with Gasteiger partial charge in [0.05, 0.1) is 0 Å². The van der Waals surface area contributed by atoms with E-state index in [4.69, 9.17) is 11.6 Å². The first-order chi connectivity index (χ1) is 8.54. The highest BCUT2D eigenvalue weighted by Crippen LogP contribution is 2.37. The second-order valence-corrected chi connectivity index (χ2v) is 5.65. The molecule has 0 amide bonds. The van der Waals surface area contributed by atoms with Gasteiger partial charge in [0.15, 0.2) is 0 Å². The van der Waals surface area contributed by atoms with Crippen LogP contribution in [0.15, 0.2) is 17.7 Å². The third-order valence-electron chi connectivity index (χ3n) is 3.45. The van der Waals surface area contributed by atoms with E-state index >= 15 is 0 Å². The minimum absolute atomic E-state index is 0.805. The second kappa shape index (κ2) is 5.19. The molecule has 0 aromatic heterocycles. The lowest BCUT2D eigenvalue weighted by molar-refractivity contribution is 0.909. The Labute approximate surface area is 115 Å². The van der Waals surface area contributed by atoms with Crippen molar-refractivity contribution < 1.29 is 0 Å². The molecule has 18 heavy (non-hydrogen) atoms. The summed E-state index contributed by atoms with van der Waals surface area (Å²) in [5.41, 5.74) is 6.63. The molecule has 0 unspecified atom stereocenters. The van der Waals surface area contributed by atoms with Gasteiger partial charge in [-0.25, -0.2) is 0 Å². The molecular weight excluding hydrogens is 242 g/mol. The van der Waals surface area contributed by atoms with Gasteiger partial charge in [0.2, 0.25) is 0 Å². The van der Waals surface area contributed by atoms with Crippen molar-refractivity contribution in [2.45, 2.75) is 26.2 Å². The molecule has 0 radical (unpaired) electrons. The summed E-state index contributed by atoms with van der Waals surface area (Å²) in [5.74, 6) is 0. The SMILES string of the molecule is C=Cc1cc2c(c(N(C)C)c1/C=C(\C)Cl)CCC2. The first-order valence-electron chi connectivity index (χ1n) is 6.37. The van der Waals surface area contributed by atoms with Gasteiger partial charge in [0, 0.05) is 30.4 Å². The number of hydrogen-bond donors (Lipinski definition) is 0. The first-order valence-corrected chi connectivity index (χ1v) is 6.74. The van der Waals surface area contributed by atoms with Crippen LogP contribution in [0.25, 0.3) is 12.2 Å². The molecule has 0 spiro atoms. The van der Waals surface area contributed by atoms with Crippen LogP contribution in [-0.4, -0.2) is 14.1 Å². The number of rotatable bonds is 3. The highest BCUT2D eigenvalue weighted by molar-refractivity contribution is 6.31. The van der Waals surface area contributed by atoms with Crippen molar-refractivity contribution in [1.82, 2.24) is 0 Å². The fourth-order valence-electron chi connectivity index (χ4n) is 2.79. The number of halogens is 1. The molecule has 1 aliphatic rings. The molecular formula is C16H20ClN. The van der Waals surface area contributed by atoms with Crippen molar-refractivity contribution >= 4 is 29.4 Å². The molecule has 1 nitrogen and oxygen atoms in total. The number of aryl methyl sites for hydroxylation is 1. The Kier molecular flexibility index (Phi) is 3.82. The highest BCUT2D eigenvalue weighted by Gasteiger charge is 2.20. The smallest absolute Gasteiger partial charge is 0.0476 e. The van der Waals surface area contributed by atoms with Crippen molar-refractivity contribution in [3.05, 3.63) is 39.9 Å². The van der Waals surface area contributed by atoms with E-state index in [9.17, 15) is 0 Å². The fourth-order valence-corrected chi connectivity index (χ4v) is 2.90. The summed E-state index contributed by atoms with van der Waals surface area (Å²) in [6.45, 7) is 5.85. The van der Waals surface area contributed by atoms with E-state index < -0.39 is 0 Å². The van der Waals surface area contributed by atoms with Crippen molar-refractivity contribution in [3.8, 4) is 0 Å². The molecule has 0 saturated carbocycles. The Morgan fingerprint density at radius 2 is 2.11 bits per heavy atom. The number of fused-ring (bicyclic) bond motifs is 1. The minimum Gasteiger partial charge on any atom is -0.377 e. The quantitative estimate of drug-likeness (QED) is 0.775. The zero-order valence-electron chi connectivity index (χ0n) is 11.4. The van der Waals surface area contributed by atoms with Gasteiger partial charge in [-0.05, 0) is 49.0 Å². The first kappa shape index (κ1) is 13.2. The van der Waals surface area contributed by atoms with Crippen LogP contribution in [0.4, 0.5) is 5.69 Å². The van der Waals surface area contributed by atoms with Gasteiger partial charge in [-0.2, -0.15) is 0 Å². The highest BCUT2D eigenvalue weighted by atomic mass is 35.5. The lowest BCUT2D eigenvalue weighted by atomic mass is 9.96. The largest absolute Gasteiger partial charge is 0.377 e. The Hall–Kier alpha value is -1.21. The standard InChI is InChI=1S/C16H20ClN/c1-5-12-10-13-7-6-8-14(13)16(18(3)4)15(12)9-11(2)17/h5,9-10H,1,6-8H2,2-4H3/b11-9+. The van der Waals surface area contributed by atoms with E-state index in [1.807, 2.05) is 19.1 Å². The van der Waals surface area contributed by atoms with Crippen LogP contribution < -0.4 is 4.90 Å². The molecule has 1 aliphatic carbocycles. The fraction of sp³-hybridized carbons (Fsp3) is 0.375. The third-order valence-corrected chi connectivity index (χ3v) is 3.56. The topological polar surface area (TPSA) is 3.24 Å². The predicted octanol–water partition coefficient (Wildman–Crippen LogP) is 4.48. The van der Waals surface area contributed by atoms with Crippen LogP contribution in [0.1, 0.15) is 35.6 Å². The summed E-state index contributed by atoms with van der Waals surface area (Å²) in [4.78, 5) is 2.20. The summed E-state index contributed by atoms with van der Waals surface area (Å²) in [5, 5.41) is 0.805. The van der Waals surface area contributed by atoms with Gasteiger partial charge in [-0.15, -0.1) is 0 Å². The molecule has 0 heterocycles. The van der Waals surface area contributed by atoms with Crippen molar-refractivity contribution in [2.24, 2.45) is 0 Å². The number of nitrogens with zero attached hydrogens (tertiary/aromatic N) is 1. The lowest BCUT2D eigenvalue weighted by Gasteiger charge is -2.22. The van der Waals surface area contributed by atoms with Gasteiger partial charge in [-0.1, -0.05) is 30.3 Å². The number of anilines is 1. The van der Waals surface area contributed by atoms with E-state index in [0.717, 1.165) is 5.03 Å². The summed E-state index contributed by atoms with van der Waals surface area (Å²) >= 11 is 6.08. The predicted molar refractivity (Wildman–Crippen MR) is 82.4 cm³/mol. The Morgan fingerprint density at radius 1 is 1.39 bits per heavy atom. The lowest BCUT2D eigenvalue weighted by Crippen LogP contribution is -2.14. The van der Waals surface area contributed by atoms with E-state index in [-0.39, 0.29) is 0 Å². The van der Waals surface area contributed by atoms with Gasteiger partial charge < -0.3 is 4.90 Å². The number of hydrogen-bond acceptors (Lipinski definition) is 1. The average molecular weight is 262 g/mol. The van der Waals surface area contributed by atoms with Crippen molar-refractivity contribution in [2.75, 3.05) is 19.0 Å². The van der Waals surface area contributed by atoms with Gasteiger partial charge >= 0.3 is 0 Å². The maximum absolute atomic E-state index is 6.08. The molecule has 2 heteroatoms. The maximum Gasteiger partial charge on any atom is 0.0476 e. The van der Waals surface area contributed by atoms with Gasteiger partial charge in [0.1, 0.15) is 0 Å². The van der Waals surface area contributed by atoms with Crippen LogP contribution in [0, 0.1) is 0 Å². The van der Waals surface area contributed by atoms with E-state index in [1.165, 1.54) is 47.2 Å². The summed E-state index contributed by atoms with van der Waals surface area (Å²) in [6.07, 6.45) is 7.58. The summed E-state index contributed by atoms with van der Waals surface area (Å²) < 4.78 is 0. The maximum atomic E-state index is 6.08. The van der Waals surface area contributed by atoms with Gasteiger partial charge in [0.25, 0.3) is 0 Å². The summed E-state index contributed by atoms with van der Waals surface area (Å²) in [6, 6.07) is 2.27. The molecule has 0 saturated heterocycles. The van der Waals surface area contributed by atoms with E-state index in [2.05, 4.69) is 31.6 Å². The Bertz CT molecular complexity index is 508. The number of allylic oxidation sites excluding steroid dienone is 1. The van der Waals surface area contributed by atoms with Crippen LogP contribution in [0.5, 0.6) is 0 Å². The zero-order valence-corrected chi connectivity index (χ0v) is 12.1.